The number of benzene rings is 3. The summed E-state index contributed by atoms with van der Waals surface area (Å²) in [4.78, 5) is 0. The van der Waals surface area contributed by atoms with Crippen LogP contribution in [0.4, 0.5) is 13.2 Å². The molecule has 0 fully saturated rings. The average Bonchev–Trinajstić information content (AvgIpc) is 3.65. The van der Waals surface area contributed by atoms with Crippen LogP contribution in [-0.4, -0.2) is 11.8 Å². The van der Waals surface area contributed by atoms with Crippen LogP contribution in [-0.2, 0) is 47.7 Å². The van der Waals surface area contributed by atoms with Gasteiger partial charge in [-0.15, -0.1) is 11.6 Å². The molecule has 0 bridgehead atoms. The molecule has 0 unspecified atom stereocenters. The molecule has 0 radical (unpaired) electrons. The Morgan fingerprint density at radius 3 is 1.78 bits per heavy atom. The Bertz CT molecular complexity index is 1880. The minimum Gasteiger partial charge on any atom is -1.00 e. The Morgan fingerprint density at radius 2 is 1.32 bits per heavy atom. The molecule has 0 amide bonds. The zero-order valence-electron chi connectivity index (χ0n) is 31.0. The Labute approximate surface area is 326 Å². The zero-order chi connectivity index (χ0) is 35.6. The van der Waals surface area contributed by atoms with Crippen LogP contribution in [0.2, 0.25) is 19.6 Å². The number of alkyl halides is 3. The van der Waals surface area contributed by atoms with Gasteiger partial charge in [0, 0.05) is 13.5 Å². The molecule has 0 nitrogen and oxygen atoms in total. The first-order valence-electron chi connectivity index (χ1n) is 16.7. The number of hydrogen-bond donors (Lipinski definition) is 0. The molecular formula is C43H47Cl2F3SiZr-2. The average molecular weight is 811 g/mol. The van der Waals surface area contributed by atoms with E-state index >= 15 is 0 Å². The van der Waals surface area contributed by atoms with Gasteiger partial charge in [-0.3, -0.25) is 6.08 Å². The van der Waals surface area contributed by atoms with Crippen LogP contribution in [0.3, 0.4) is 0 Å². The maximum absolute atomic E-state index is 12.0. The number of aryl methyl sites for hydroxylation is 2. The molecule has 264 valence electrons. The fourth-order valence-electron chi connectivity index (χ4n) is 7.65. The molecule has 4 aromatic carbocycles. The second-order valence-corrected chi connectivity index (χ2v) is 21.6. The summed E-state index contributed by atoms with van der Waals surface area (Å²) in [5.74, 6) is 0. The predicted octanol–water partition coefficient (Wildman–Crippen LogP) is 5.43. The van der Waals surface area contributed by atoms with Crippen molar-refractivity contribution in [3.05, 3.63) is 128 Å². The van der Waals surface area contributed by atoms with Gasteiger partial charge in [0.2, 0.25) is 0 Å². The van der Waals surface area contributed by atoms with Gasteiger partial charge in [-0.1, -0.05) is 91.7 Å². The summed E-state index contributed by atoms with van der Waals surface area (Å²) in [6.07, 6.45) is 2.91. The molecule has 0 heterocycles. The van der Waals surface area contributed by atoms with E-state index in [0.29, 0.717) is 0 Å². The molecule has 0 saturated carbocycles. The third-order valence-electron chi connectivity index (χ3n) is 9.89. The maximum atomic E-state index is 12.0. The van der Waals surface area contributed by atoms with E-state index in [2.05, 4.69) is 124 Å². The smallest absolute Gasteiger partial charge is 1.00 e. The van der Waals surface area contributed by atoms with Gasteiger partial charge in [-0.05, 0) is 58.4 Å². The van der Waals surface area contributed by atoms with Crippen molar-refractivity contribution in [2.24, 2.45) is 0 Å². The molecular weight excluding hydrogens is 764 g/mol. The monoisotopic (exact) mass is 808 g/mol. The number of allylic oxidation sites excluding steroid dienone is 4. The second-order valence-electron chi connectivity index (χ2n) is 15.9. The summed E-state index contributed by atoms with van der Waals surface area (Å²) in [5.41, 5.74) is 17.7. The largest absolute Gasteiger partial charge is 1.00 e. The van der Waals surface area contributed by atoms with E-state index in [9.17, 15) is 13.2 Å². The Morgan fingerprint density at radius 1 is 0.780 bits per heavy atom. The molecule has 0 aliphatic heterocycles. The van der Waals surface area contributed by atoms with Gasteiger partial charge in [0.1, 0.15) is 0 Å². The van der Waals surface area contributed by atoms with Gasteiger partial charge in [-0.25, -0.2) is 11.6 Å². The van der Waals surface area contributed by atoms with Gasteiger partial charge < -0.3 is 24.8 Å². The van der Waals surface area contributed by atoms with E-state index in [1.807, 2.05) is 3.71 Å². The number of fused-ring (bicyclic) bond motifs is 5. The number of hydrogen-bond acceptors (Lipinski definition) is 0. The fourth-order valence-corrected chi connectivity index (χ4v) is 10.0. The van der Waals surface area contributed by atoms with Gasteiger partial charge in [0.15, 0.2) is 0 Å². The van der Waals surface area contributed by atoms with Crippen molar-refractivity contribution in [3.63, 3.8) is 0 Å². The predicted molar refractivity (Wildman–Crippen MR) is 198 cm³/mol. The van der Waals surface area contributed by atoms with Crippen LogP contribution < -0.4 is 30.0 Å². The van der Waals surface area contributed by atoms with Crippen LogP contribution in [0.5, 0.6) is 0 Å². The summed E-state index contributed by atoms with van der Waals surface area (Å²) >= 11 is 1.18. The number of halogens is 5. The van der Waals surface area contributed by atoms with Gasteiger partial charge in [0.05, 0.1) is 0 Å². The topological polar surface area (TPSA) is 0 Å². The standard InChI is InChI=1S/C25H25.C10H17Si.C8H5F3.2ClH.Zr/c1-14-12-24(3,4)22-8-16-7-17-9-23-19(15(2)13-25(23,5)6)11-21(17)20(16)10-18(14)22;1-8-6-9(2)10(7-8)11(3,4)5;1-6-2-4-7(5-3-6)8(9,10)11;;;/h8-12H,7H2,1-6H3;6-7H,1-5H3;1-5H;2*1H;/q2*-1;;;;+2/p-2. The molecule has 0 N–H and O–H groups in total. The van der Waals surface area contributed by atoms with Crippen LogP contribution in [0, 0.1) is 19.9 Å². The SMILES string of the molecule is CC1=[C-]C(C)(C)c2cc3c(cc21)-c1cc2c(cc1C3)C(C)(C)C=C2C.Cc1cc([Si](C)(C)C)c(C)[cH-]1.FC(F)(F)c1ccc([CH]=[Zr+2])cc1.[Cl-].[Cl-]. The molecule has 0 aromatic heterocycles. The Balaban J connectivity index is 0.000000229. The van der Waals surface area contributed by atoms with Crippen molar-refractivity contribution in [1.82, 2.24) is 0 Å². The molecule has 0 saturated heterocycles. The van der Waals surface area contributed by atoms with Crippen LogP contribution in [0.1, 0.15) is 97.2 Å². The third kappa shape index (κ3) is 8.54. The minimum atomic E-state index is -4.22. The van der Waals surface area contributed by atoms with E-state index in [-0.39, 0.29) is 35.6 Å². The van der Waals surface area contributed by atoms with Crippen molar-refractivity contribution in [2.75, 3.05) is 0 Å². The molecule has 0 spiro atoms. The second kappa shape index (κ2) is 15.1. The summed E-state index contributed by atoms with van der Waals surface area (Å²) in [7, 11) is -1.06. The van der Waals surface area contributed by atoms with E-state index in [1.54, 1.807) is 5.19 Å². The molecule has 3 aliphatic carbocycles. The first-order valence-corrected chi connectivity index (χ1v) is 21.6. The first kappa shape index (κ1) is 42.2. The molecule has 4 aromatic rings. The van der Waals surface area contributed by atoms with Crippen molar-refractivity contribution < 1.29 is 62.2 Å². The van der Waals surface area contributed by atoms with E-state index in [0.717, 1.165) is 24.1 Å². The molecule has 7 heteroatoms. The first-order chi connectivity index (χ1) is 22.1. The molecule has 0 atom stereocenters. The molecule has 3 aliphatic rings. The van der Waals surface area contributed by atoms with Crippen LogP contribution >= 0.6 is 0 Å². The van der Waals surface area contributed by atoms with Gasteiger partial charge in [-0.2, -0.15) is 27.9 Å². The van der Waals surface area contributed by atoms with Gasteiger partial charge in [0.25, 0.3) is 0 Å². The minimum absolute atomic E-state index is 0. The van der Waals surface area contributed by atoms with Crippen molar-refractivity contribution >= 4 is 28.1 Å². The quantitative estimate of drug-likeness (QED) is 0.165. The Hall–Kier alpha value is -2.17. The Kier molecular flexibility index (Phi) is 12.7. The van der Waals surface area contributed by atoms with Gasteiger partial charge >= 0.3 is 82.7 Å². The van der Waals surface area contributed by atoms with Crippen molar-refractivity contribution in [1.29, 1.82) is 0 Å². The zero-order valence-corrected chi connectivity index (χ0v) is 36.0. The normalized spacial score (nSPS) is 15.7. The summed E-state index contributed by atoms with van der Waals surface area (Å²) in [5, 5.41) is 1.62. The molecule has 7 rings (SSSR count). The van der Waals surface area contributed by atoms with Crippen molar-refractivity contribution in [2.45, 2.75) is 98.5 Å². The van der Waals surface area contributed by atoms with Crippen LogP contribution in [0.25, 0.3) is 22.3 Å². The van der Waals surface area contributed by atoms with E-state index in [1.165, 1.54) is 103 Å². The van der Waals surface area contributed by atoms with Crippen molar-refractivity contribution in [3.8, 4) is 11.1 Å². The summed E-state index contributed by atoms with van der Waals surface area (Å²) in [6.45, 7) is 25.3. The van der Waals surface area contributed by atoms with E-state index < -0.39 is 19.8 Å². The number of rotatable bonds is 2. The third-order valence-corrected chi connectivity index (χ3v) is 12.9. The van der Waals surface area contributed by atoms with E-state index in [4.69, 9.17) is 0 Å². The summed E-state index contributed by atoms with van der Waals surface area (Å²) < 4.78 is 37.9. The molecule has 50 heavy (non-hydrogen) atoms. The van der Waals surface area contributed by atoms with Crippen LogP contribution in [0.15, 0.2) is 66.7 Å². The summed E-state index contributed by atoms with van der Waals surface area (Å²) in [6, 6.07) is 19.6. The maximum Gasteiger partial charge on any atom is -1.00 e. The fraction of sp³-hybridized carbons (Fsp3) is 0.349.